The van der Waals surface area contributed by atoms with E-state index in [9.17, 15) is 4.79 Å². The van der Waals surface area contributed by atoms with Gasteiger partial charge in [0, 0.05) is 11.3 Å². The monoisotopic (exact) mass is 373 g/mol. The summed E-state index contributed by atoms with van der Waals surface area (Å²) in [5, 5.41) is 2.68. The summed E-state index contributed by atoms with van der Waals surface area (Å²) in [6, 6.07) is 11.5. The Labute approximate surface area is 158 Å². The molecule has 1 atom stereocenters. The molecule has 0 unspecified atom stereocenters. The van der Waals surface area contributed by atoms with Crippen LogP contribution in [0.15, 0.2) is 41.3 Å². The fraction of sp³-hybridized carbons (Fsp3) is 0.350. The third kappa shape index (κ3) is 4.43. The lowest BCUT2D eigenvalue weighted by atomic mass is 10.2. The number of methoxy groups -OCH3 is 1. The van der Waals surface area contributed by atoms with Gasteiger partial charge in [-0.3, -0.25) is 4.79 Å². The van der Waals surface area contributed by atoms with Crippen molar-refractivity contribution in [1.29, 1.82) is 0 Å². The topological polar surface area (TPSA) is 56.8 Å². The number of fused-ring (bicyclic) bond motifs is 1. The van der Waals surface area contributed by atoms with Crippen molar-refractivity contribution in [3.05, 3.63) is 42.0 Å². The highest BCUT2D eigenvalue weighted by atomic mass is 32.2. The van der Waals surface area contributed by atoms with E-state index in [1.165, 1.54) is 11.8 Å². The summed E-state index contributed by atoms with van der Waals surface area (Å²) >= 11 is 1.48. The van der Waals surface area contributed by atoms with Crippen LogP contribution in [-0.2, 0) is 4.79 Å². The molecule has 0 spiro atoms. The van der Waals surface area contributed by atoms with Gasteiger partial charge in [-0.1, -0.05) is 6.07 Å². The van der Waals surface area contributed by atoms with Crippen molar-refractivity contribution in [3.8, 4) is 17.2 Å². The number of amides is 1. The third-order valence-corrected chi connectivity index (χ3v) is 5.11. The highest BCUT2D eigenvalue weighted by molar-refractivity contribution is 8.00. The van der Waals surface area contributed by atoms with Crippen LogP contribution in [0.25, 0.3) is 0 Å². The Morgan fingerprint density at radius 3 is 2.69 bits per heavy atom. The molecular weight excluding hydrogens is 350 g/mol. The highest BCUT2D eigenvalue weighted by Crippen LogP contribution is 2.35. The Morgan fingerprint density at radius 1 is 1.15 bits per heavy atom. The first-order valence-corrected chi connectivity index (χ1v) is 9.46. The van der Waals surface area contributed by atoms with Crippen LogP contribution in [0.4, 0.5) is 5.69 Å². The SMILES string of the molecule is COc1ccc(C)cc1NC(=O)[C@H](C)Sc1ccc2c(c1)OCCCO2. The van der Waals surface area contributed by atoms with E-state index in [0.717, 1.165) is 28.4 Å². The number of rotatable bonds is 5. The normalized spacial score (nSPS) is 14.3. The van der Waals surface area contributed by atoms with Crippen LogP contribution in [0.5, 0.6) is 17.2 Å². The predicted octanol–water partition coefficient (Wildman–Crippen LogP) is 4.28. The first-order valence-electron chi connectivity index (χ1n) is 8.58. The molecule has 138 valence electrons. The summed E-state index contributed by atoms with van der Waals surface area (Å²) in [5.41, 5.74) is 1.74. The second-order valence-electron chi connectivity index (χ2n) is 6.11. The first-order chi connectivity index (χ1) is 12.6. The van der Waals surface area contributed by atoms with Gasteiger partial charge in [0.15, 0.2) is 11.5 Å². The number of carbonyl (C=O) groups is 1. The van der Waals surface area contributed by atoms with Gasteiger partial charge in [0.2, 0.25) is 5.91 Å². The van der Waals surface area contributed by atoms with Crippen LogP contribution in [0, 0.1) is 6.92 Å². The van der Waals surface area contributed by atoms with E-state index in [1.807, 2.05) is 50.2 Å². The van der Waals surface area contributed by atoms with E-state index in [0.29, 0.717) is 24.7 Å². The van der Waals surface area contributed by atoms with E-state index in [-0.39, 0.29) is 11.2 Å². The number of carbonyl (C=O) groups excluding carboxylic acids is 1. The molecule has 1 aliphatic rings. The van der Waals surface area contributed by atoms with Gasteiger partial charge in [-0.25, -0.2) is 0 Å². The summed E-state index contributed by atoms with van der Waals surface area (Å²) in [6.45, 7) is 5.16. The smallest absolute Gasteiger partial charge is 0.237 e. The first kappa shape index (κ1) is 18.5. The Kier molecular flexibility index (Phi) is 5.93. The molecule has 5 nitrogen and oxygen atoms in total. The van der Waals surface area contributed by atoms with Crippen LogP contribution in [0.3, 0.4) is 0 Å². The second-order valence-corrected chi connectivity index (χ2v) is 7.53. The van der Waals surface area contributed by atoms with E-state index >= 15 is 0 Å². The van der Waals surface area contributed by atoms with Crippen molar-refractivity contribution in [2.45, 2.75) is 30.4 Å². The minimum absolute atomic E-state index is 0.0778. The van der Waals surface area contributed by atoms with Crippen molar-refractivity contribution >= 4 is 23.4 Å². The lowest BCUT2D eigenvalue weighted by Gasteiger charge is -2.15. The van der Waals surface area contributed by atoms with Crippen molar-refractivity contribution in [2.24, 2.45) is 0 Å². The van der Waals surface area contributed by atoms with Crippen molar-refractivity contribution < 1.29 is 19.0 Å². The molecule has 3 rings (SSSR count). The lowest BCUT2D eigenvalue weighted by molar-refractivity contribution is -0.115. The van der Waals surface area contributed by atoms with Crippen molar-refractivity contribution in [3.63, 3.8) is 0 Å². The standard InChI is InChI=1S/C20H23NO4S/c1-13-5-7-17(23-3)16(11-13)21-20(22)14(2)26-15-6-8-18-19(12-15)25-10-4-9-24-18/h5-8,11-12,14H,4,9-10H2,1-3H3,(H,21,22)/t14-/m0/s1. The molecule has 1 aliphatic heterocycles. The second kappa shape index (κ2) is 8.36. The van der Waals surface area contributed by atoms with E-state index in [4.69, 9.17) is 14.2 Å². The Bertz CT molecular complexity index is 793. The molecule has 2 aromatic rings. The minimum Gasteiger partial charge on any atom is -0.495 e. The molecule has 0 fully saturated rings. The molecule has 2 aromatic carbocycles. The number of benzene rings is 2. The van der Waals surface area contributed by atoms with E-state index in [2.05, 4.69) is 5.32 Å². The van der Waals surface area contributed by atoms with Crippen LogP contribution in [0.2, 0.25) is 0 Å². The summed E-state index contributed by atoms with van der Waals surface area (Å²) < 4.78 is 16.7. The molecular formula is C20H23NO4S. The maximum atomic E-state index is 12.6. The minimum atomic E-state index is -0.273. The van der Waals surface area contributed by atoms with Crippen molar-refractivity contribution in [2.75, 3.05) is 25.6 Å². The van der Waals surface area contributed by atoms with Gasteiger partial charge in [-0.15, -0.1) is 11.8 Å². The summed E-state index contributed by atoms with van der Waals surface area (Å²) in [4.78, 5) is 13.6. The summed E-state index contributed by atoms with van der Waals surface area (Å²) in [6.07, 6.45) is 0.869. The molecule has 26 heavy (non-hydrogen) atoms. The van der Waals surface area contributed by atoms with Gasteiger partial charge >= 0.3 is 0 Å². The highest BCUT2D eigenvalue weighted by Gasteiger charge is 2.18. The molecule has 0 saturated carbocycles. The average molecular weight is 373 g/mol. The Morgan fingerprint density at radius 2 is 1.92 bits per heavy atom. The maximum Gasteiger partial charge on any atom is 0.237 e. The van der Waals surface area contributed by atoms with Gasteiger partial charge in [0.1, 0.15) is 5.75 Å². The quantitative estimate of drug-likeness (QED) is 0.793. The fourth-order valence-electron chi connectivity index (χ4n) is 2.63. The van der Waals surface area contributed by atoms with E-state index < -0.39 is 0 Å². The summed E-state index contributed by atoms with van der Waals surface area (Å²) in [5.74, 6) is 2.07. The van der Waals surface area contributed by atoms with Gasteiger partial charge in [-0.2, -0.15) is 0 Å². The number of hydrogen-bond donors (Lipinski definition) is 1. The van der Waals surface area contributed by atoms with Gasteiger partial charge in [0.25, 0.3) is 0 Å². The predicted molar refractivity (Wildman–Crippen MR) is 104 cm³/mol. The van der Waals surface area contributed by atoms with Crippen LogP contribution in [-0.4, -0.2) is 31.5 Å². The van der Waals surface area contributed by atoms with Gasteiger partial charge < -0.3 is 19.5 Å². The van der Waals surface area contributed by atoms with Gasteiger partial charge in [0.05, 0.1) is 31.3 Å². The summed E-state index contributed by atoms with van der Waals surface area (Å²) in [7, 11) is 1.59. The zero-order chi connectivity index (χ0) is 18.5. The third-order valence-electron chi connectivity index (χ3n) is 4.01. The number of aryl methyl sites for hydroxylation is 1. The number of thioether (sulfide) groups is 1. The molecule has 1 heterocycles. The van der Waals surface area contributed by atoms with Gasteiger partial charge in [-0.05, 0) is 49.7 Å². The zero-order valence-corrected chi connectivity index (χ0v) is 16.0. The maximum absolute atomic E-state index is 12.6. The Hall–Kier alpha value is -2.34. The number of nitrogens with one attached hydrogen (secondary N) is 1. The molecule has 1 N–H and O–H groups in total. The Balaban J connectivity index is 1.68. The number of anilines is 1. The molecule has 1 amide bonds. The zero-order valence-electron chi connectivity index (χ0n) is 15.2. The van der Waals surface area contributed by atoms with Crippen molar-refractivity contribution in [1.82, 2.24) is 0 Å². The number of ether oxygens (including phenoxy) is 3. The molecule has 0 saturated heterocycles. The molecule has 6 heteroatoms. The average Bonchev–Trinajstić information content (AvgIpc) is 2.86. The van der Waals surface area contributed by atoms with Crippen LogP contribution in [0.1, 0.15) is 18.9 Å². The molecule has 0 aromatic heterocycles. The fourth-order valence-corrected chi connectivity index (χ4v) is 3.52. The lowest BCUT2D eigenvalue weighted by Crippen LogP contribution is -2.22. The van der Waals surface area contributed by atoms with Crippen LogP contribution < -0.4 is 19.5 Å². The number of hydrogen-bond acceptors (Lipinski definition) is 5. The molecule has 0 aliphatic carbocycles. The van der Waals surface area contributed by atoms with E-state index in [1.54, 1.807) is 7.11 Å². The largest absolute Gasteiger partial charge is 0.495 e. The molecule has 0 bridgehead atoms. The van der Waals surface area contributed by atoms with Crippen LogP contribution >= 0.6 is 11.8 Å². The molecule has 0 radical (unpaired) electrons.